The summed E-state index contributed by atoms with van der Waals surface area (Å²) in [6.45, 7) is 0.968. The molecule has 12 heteroatoms. The summed E-state index contributed by atoms with van der Waals surface area (Å²) in [6, 6.07) is 32.9. The van der Waals surface area contributed by atoms with Crippen molar-refractivity contribution in [1.82, 2.24) is 0 Å². The van der Waals surface area contributed by atoms with Crippen molar-refractivity contribution in [2.75, 3.05) is 25.6 Å². The number of esters is 3. The van der Waals surface area contributed by atoms with Gasteiger partial charge < -0.3 is 24.3 Å². The van der Waals surface area contributed by atoms with Crippen molar-refractivity contribution < 1.29 is 52.7 Å². The Kier molecular flexibility index (Phi) is 12.5. The largest absolute Gasteiger partial charge is 0.487 e. The number of carbonyl (C=O) groups is 4. The molecule has 0 aliphatic carbocycles. The first-order valence-electron chi connectivity index (χ1n) is 16.8. The summed E-state index contributed by atoms with van der Waals surface area (Å²) < 4.78 is 61.4. The second kappa shape index (κ2) is 17.4. The van der Waals surface area contributed by atoms with Gasteiger partial charge in [-0.2, -0.15) is 13.2 Å². The molecule has 280 valence electrons. The maximum absolute atomic E-state index is 13.7. The van der Waals surface area contributed by atoms with Gasteiger partial charge in [0.1, 0.15) is 19.0 Å². The van der Waals surface area contributed by atoms with E-state index in [1.54, 1.807) is 67.6 Å². The number of hydrogen-bond acceptors (Lipinski definition) is 8. The topological polar surface area (TPSA) is 117 Å². The molecule has 0 bridgehead atoms. The van der Waals surface area contributed by atoms with Crippen LogP contribution in [-0.2, 0) is 53.2 Å². The maximum Gasteiger partial charge on any atom is 0.416 e. The van der Waals surface area contributed by atoms with Gasteiger partial charge in [-0.25, -0.2) is 0 Å². The van der Waals surface area contributed by atoms with Gasteiger partial charge >= 0.3 is 24.1 Å². The average molecular weight is 742 g/mol. The van der Waals surface area contributed by atoms with Gasteiger partial charge in [-0.1, -0.05) is 97.1 Å². The molecule has 0 radical (unpaired) electrons. The van der Waals surface area contributed by atoms with Crippen molar-refractivity contribution in [2.24, 2.45) is 0 Å². The van der Waals surface area contributed by atoms with Crippen LogP contribution in [0.15, 0.2) is 127 Å². The van der Waals surface area contributed by atoms with Gasteiger partial charge in [0.2, 0.25) is 5.41 Å². The number of rotatable bonds is 14. The number of benzene rings is 5. The molecule has 1 amide bonds. The van der Waals surface area contributed by atoms with E-state index in [2.05, 4.69) is 5.32 Å². The maximum atomic E-state index is 13.7. The molecule has 0 saturated heterocycles. The number of nitrogens with one attached hydrogen (secondary N) is 1. The van der Waals surface area contributed by atoms with Crippen LogP contribution in [0.3, 0.4) is 0 Å². The van der Waals surface area contributed by atoms with E-state index in [0.717, 1.165) is 24.8 Å². The Morgan fingerprint density at radius 2 is 1.35 bits per heavy atom. The zero-order valence-electron chi connectivity index (χ0n) is 29.4. The second-order valence-corrected chi connectivity index (χ2v) is 12.0. The fourth-order valence-corrected chi connectivity index (χ4v) is 5.67. The summed E-state index contributed by atoms with van der Waals surface area (Å²) in [5.74, 6) is -3.02. The van der Waals surface area contributed by atoms with Crippen LogP contribution in [0.4, 0.5) is 18.9 Å². The fourth-order valence-electron chi connectivity index (χ4n) is 5.67. The second-order valence-electron chi connectivity index (χ2n) is 12.0. The number of ether oxygens (including phenoxy) is 4. The summed E-state index contributed by atoms with van der Waals surface area (Å²) in [4.78, 5) is 53.3. The van der Waals surface area contributed by atoms with Gasteiger partial charge in [0.05, 0.1) is 31.4 Å². The molecule has 5 aromatic carbocycles. The van der Waals surface area contributed by atoms with E-state index in [1.807, 2.05) is 30.3 Å². The van der Waals surface area contributed by atoms with E-state index in [-0.39, 0.29) is 43.6 Å². The summed E-state index contributed by atoms with van der Waals surface area (Å²) in [5.41, 5.74) is -0.131. The highest BCUT2D eigenvalue weighted by Gasteiger charge is 2.52. The van der Waals surface area contributed by atoms with E-state index in [9.17, 15) is 32.3 Å². The van der Waals surface area contributed by atoms with Crippen LogP contribution in [0, 0.1) is 0 Å². The van der Waals surface area contributed by atoms with Gasteiger partial charge in [-0.05, 0) is 65.1 Å². The van der Waals surface area contributed by atoms with Crippen molar-refractivity contribution in [1.29, 1.82) is 0 Å². The number of carbonyl (C=O) groups excluding carboxylic acids is 4. The zero-order valence-corrected chi connectivity index (χ0v) is 29.4. The standard InChI is InChI=1S/C42H36F3NO8.H2/c1-3-52-40(50)41(39(49)51-2,31-14-8-5-9-15-31)27-54-37(47)25-29-18-23-35(36(24-29)53-26-28-12-6-4-7-13-28)46-38(48)34-17-11-10-16-33(34)30-19-21-32(22-20-30)42(43,44)45;/h4-24H,3,25-27H2,1-2H3,(H,46,48);1H. The van der Waals surface area contributed by atoms with E-state index in [0.29, 0.717) is 16.7 Å². The Morgan fingerprint density at radius 3 is 2.00 bits per heavy atom. The Morgan fingerprint density at radius 1 is 0.704 bits per heavy atom. The molecule has 0 fully saturated rings. The van der Waals surface area contributed by atoms with Crippen LogP contribution in [0.1, 0.15) is 41.0 Å². The predicted octanol–water partition coefficient (Wildman–Crippen LogP) is 8.21. The summed E-state index contributed by atoms with van der Waals surface area (Å²) in [5, 5.41) is 2.83. The first kappa shape index (κ1) is 38.8. The van der Waals surface area contributed by atoms with Crippen molar-refractivity contribution in [3.8, 4) is 16.9 Å². The molecule has 0 saturated carbocycles. The molecular weight excluding hydrogens is 703 g/mol. The molecule has 0 aromatic heterocycles. The van der Waals surface area contributed by atoms with Gasteiger partial charge in [-0.3, -0.25) is 19.2 Å². The zero-order chi connectivity index (χ0) is 38.7. The van der Waals surface area contributed by atoms with Gasteiger partial charge in [0, 0.05) is 6.99 Å². The van der Waals surface area contributed by atoms with Crippen molar-refractivity contribution in [2.45, 2.75) is 31.5 Å². The Bertz CT molecular complexity index is 2090. The Labute approximate surface area is 311 Å². The van der Waals surface area contributed by atoms with Crippen LogP contribution in [-0.4, -0.2) is 44.1 Å². The fraction of sp³-hybridized carbons (Fsp3) is 0.190. The highest BCUT2D eigenvalue weighted by Crippen LogP contribution is 2.34. The molecule has 9 nitrogen and oxygen atoms in total. The van der Waals surface area contributed by atoms with Crippen molar-refractivity contribution in [3.63, 3.8) is 0 Å². The first-order valence-corrected chi connectivity index (χ1v) is 16.8. The monoisotopic (exact) mass is 741 g/mol. The van der Waals surface area contributed by atoms with Crippen LogP contribution in [0.25, 0.3) is 11.1 Å². The van der Waals surface area contributed by atoms with Gasteiger partial charge in [0.25, 0.3) is 5.91 Å². The lowest BCUT2D eigenvalue weighted by molar-refractivity contribution is -0.169. The smallest absolute Gasteiger partial charge is 0.416 e. The molecule has 0 spiro atoms. The summed E-state index contributed by atoms with van der Waals surface area (Å²) in [7, 11) is 1.12. The van der Waals surface area contributed by atoms with Gasteiger partial charge in [0.15, 0.2) is 0 Å². The lowest BCUT2D eigenvalue weighted by Gasteiger charge is -2.28. The van der Waals surface area contributed by atoms with E-state index >= 15 is 0 Å². The lowest BCUT2D eigenvalue weighted by atomic mass is 9.81. The van der Waals surface area contributed by atoms with Crippen LogP contribution in [0.5, 0.6) is 5.75 Å². The molecule has 5 rings (SSSR count). The number of hydrogen-bond donors (Lipinski definition) is 1. The van der Waals surface area contributed by atoms with Gasteiger partial charge in [-0.15, -0.1) is 0 Å². The van der Waals surface area contributed by atoms with Crippen LogP contribution < -0.4 is 10.1 Å². The third kappa shape index (κ3) is 9.13. The normalized spacial score (nSPS) is 12.2. The number of methoxy groups -OCH3 is 1. The quantitative estimate of drug-likeness (QED) is 0.0688. The van der Waals surface area contributed by atoms with Crippen LogP contribution >= 0.6 is 0 Å². The van der Waals surface area contributed by atoms with E-state index in [4.69, 9.17) is 18.9 Å². The highest BCUT2D eigenvalue weighted by molar-refractivity contribution is 6.09. The molecule has 1 unspecified atom stereocenters. The Balaban J connectivity index is 0.00000673. The molecule has 0 aliphatic rings. The highest BCUT2D eigenvalue weighted by atomic mass is 19.4. The number of alkyl halides is 3. The SMILES string of the molecule is CCOC(=O)C(COC(=O)Cc1ccc(NC(=O)c2ccccc2-c2ccc(C(F)(F)F)cc2)c(OCc2ccccc2)c1)(C(=O)OC)c1ccccc1.[HH]. The molecule has 5 aromatic rings. The minimum Gasteiger partial charge on any atom is -0.487 e. The number of anilines is 1. The number of amides is 1. The third-order valence-electron chi connectivity index (χ3n) is 8.45. The number of halogens is 3. The molecule has 54 heavy (non-hydrogen) atoms. The Hall–Kier alpha value is -6.43. The van der Waals surface area contributed by atoms with Crippen molar-refractivity contribution >= 4 is 29.5 Å². The van der Waals surface area contributed by atoms with Crippen LogP contribution in [0.2, 0.25) is 0 Å². The average Bonchev–Trinajstić information content (AvgIpc) is 3.18. The predicted molar refractivity (Wildman–Crippen MR) is 196 cm³/mol. The molecule has 1 N–H and O–H groups in total. The summed E-state index contributed by atoms with van der Waals surface area (Å²) >= 11 is 0. The lowest BCUT2D eigenvalue weighted by Crippen LogP contribution is -2.50. The summed E-state index contributed by atoms with van der Waals surface area (Å²) in [6.07, 6.45) is -4.81. The molecule has 1 atom stereocenters. The first-order chi connectivity index (χ1) is 26.0. The van der Waals surface area contributed by atoms with E-state index < -0.39 is 47.6 Å². The minimum absolute atomic E-state index is 0. The molecular formula is C42H38F3NO8. The minimum atomic E-state index is -4.51. The molecule has 0 heterocycles. The van der Waals surface area contributed by atoms with E-state index in [1.165, 1.54) is 24.3 Å². The molecule has 0 aliphatic heterocycles. The van der Waals surface area contributed by atoms with Crippen molar-refractivity contribution in [3.05, 3.63) is 155 Å². The third-order valence-corrected chi connectivity index (χ3v) is 8.45.